The fraction of sp³-hybridized carbons (Fsp3) is 0.556. The van der Waals surface area contributed by atoms with Crippen molar-refractivity contribution < 1.29 is 4.79 Å². The first-order valence-corrected chi connectivity index (χ1v) is 8.02. The molecule has 1 heterocycles. The van der Waals surface area contributed by atoms with Gasteiger partial charge in [0.2, 0.25) is 0 Å². The molecule has 1 amide bonds. The molecular weight excluding hydrogens is 260 g/mol. The van der Waals surface area contributed by atoms with Gasteiger partial charge in [-0.15, -0.1) is 0 Å². The zero-order chi connectivity index (χ0) is 17.0. The van der Waals surface area contributed by atoms with Gasteiger partial charge in [0.15, 0.2) is 0 Å². The summed E-state index contributed by atoms with van der Waals surface area (Å²) in [6.45, 7) is 15.8. The van der Waals surface area contributed by atoms with Crippen molar-refractivity contribution in [3.05, 3.63) is 29.8 Å². The molecule has 2 rings (SSSR count). The highest BCUT2D eigenvalue weighted by molar-refractivity contribution is 6.11. The highest BCUT2D eigenvalue weighted by Gasteiger charge is 2.24. The average molecular weight is 292 g/mol. The van der Waals surface area contributed by atoms with Crippen LogP contribution in [0.2, 0.25) is 0 Å². The van der Waals surface area contributed by atoms with Crippen molar-refractivity contribution in [1.82, 2.24) is 0 Å². The Balaban J connectivity index is 0. The quantitative estimate of drug-likeness (QED) is 0.666. The maximum Gasteiger partial charge on any atom is 0.251 e. The predicted octanol–water partition coefficient (Wildman–Crippen LogP) is 4.94. The van der Waals surface area contributed by atoms with Gasteiger partial charge in [-0.3, -0.25) is 9.79 Å². The fourth-order valence-electron chi connectivity index (χ4n) is 1.89. The van der Waals surface area contributed by atoms with Crippen LogP contribution in [0.3, 0.4) is 0 Å². The van der Waals surface area contributed by atoms with E-state index in [0.29, 0.717) is 0 Å². The third-order valence-electron chi connectivity index (χ3n) is 2.73. The van der Waals surface area contributed by atoms with Crippen molar-refractivity contribution in [3.8, 4) is 0 Å². The van der Waals surface area contributed by atoms with Gasteiger partial charge in [0, 0.05) is 18.3 Å². The van der Waals surface area contributed by atoms with E-state index in [0.717, 1.165) is 17.0 Å². The van der Waals surface area contributed by atoms with Gasteiger partial charge in [-0.1, -0.05) is 59.7 Å². The molecule has 0 N–H and O–H groups in total. The van der Waals surface area contributed by atoms with Crippen LogP contribution >= 0.6 is 0 Å². The minimum absolute atomic E-state index is 0.0410. The van der Waals surface area contributed by atoms with Gasteiger partial charge < -0.3 is 4.90 Å². The molecule has 0 spiro atoms. The number of benzodiazepines with no additional fused rings is 1. The number of aliphatic imine (C=N–C) groups is 1. The van der Waals surface area contributed by atoms with Crippen LogP contribution in [0.25, 0.3) is 0 Å². The molecule has 1 unspecified atom stereocenters. The second-order valence-electron chi connectivity index (χ2n) is 3.80. The summed E-state index contributed by atoms with van der Waals surface area (Å²) in [6, 6.07) is 7.56. The summed E-state index contributed by atoms with van der Waals surface area (Å²) in [5.41, 5.74) is 2.90. The van der Waals surface area contributed by atoms with Crippen LogP contribution in [0.1, 0.15) is 61.0 Å². The largest absolute Gasteiger partial charge is 0.313 e. The first-order chi connectivity index (χ1) is 10.1. The van der Waals surface area contributed by atoms with Crippen molar-refractivity contribution in [2.45, 2.75) is 61.4 Å². The lowest BCUT2D eigenvalue weighted by Gasteiger charge is -2.18. The molecule has 120 valence electrons. The maximum atomic E-state index is 11.9. The Hall–Kier alpha value is -1.64. The molecule has 0 fully saturated rings. The van der Waals surface area contributed by atoms with E-state index in [1.54, 1.807) is 11.9 Å². The predicted molar refractivity (Wildman–Crippen MR) is 95.6 cm³/mol. The van der Waals surface area contributed by atoms with Crippen LogP contribution < -0.4 is 4.90 Å². The number of hydrogen-bond acceptors (Lipinski definition) is 2. The average Bonchev–Trinajstić information content (AvgIpc) is 2.65. The van der Waals surface area contributed by atoms with E-state index in [-0.39, 0.29) is 11.9 Å². The molecule has 1 aliphatic rings. The minimum atomic E-state index is -0.289. The second-order valence-corrected chi connectivity index (χ2v) is 3.80. The number of hydrogen-bond donors (Lipinski definition) is 0. The Morgan fingerprint density at radius 3 is 2.00 bits per heavy atom. The standard InChI is InChI=1S/C12H14N2O.3C2H6/c1-8-10-6-4-5-7-11(10)14(3)12(15)9(2)13-8;3*1-2/h4-7,9H,1-3H3;3*1-2H3. The molecule has 0 saturated heterocycles. The zero-order valence-electron chi connectivity index (χ0n) is 15.2. The van der Waals surface area contributed by atoms with Crippen LogP contribution in [0.15, 0.2) is 29.3 Å². The van der Waals surface area contributed by atoms with E-state index in [9.17, 15) is 4.79 Å². The van der Waals surface area contributed by atoms with Crippen LogP contribution in [0.4, 0.5) is 5.69 Å². The first-order valence-electron chi connectivity index (χ1n) is 8.02. The van der Waals surface area contributed by atoms with Gasteiger partial charge in [0.1, 0.15) is 6.04 Å². The third-order valence-corrected chi connectivity index (χ3v) is 2.73. The van der Waals surface area contributed by atoms with E-state index in [2.05, 4.69) is 4.99 Å². The number of fused-ring (bicyclic) bond motifs is 1. The zero-order valence-corrected chi connectivity index (χ0v) is 15.2. The lowest BCUT2D eigenvalue weighted by molar-refractivity contribution is -0.119. The molecule has 0 bridgehead atoms. The number of rotatable bonds is 0. The van der Waals surface area contributed by atoms with Crippen molar-refractivity contribution in [2.75, 3.05) is 11.9 Å². The topological polar surface area (TPSA) is 32.7 Å². The number of amides is 1. The van der Waals surface area contributed by atoms with Crippen LogP contribution in [-0.4, -0.2) is 24.7 Å². The van der Waals surface area contributed by atoms with E-state index in [4.69, 9.17) is 0 Å². The fourth-order valence-corrected chi connectivity index (χ4v) is 1.89. The third kappa shape index (κ3) is 5.70. The summed E-state index contributed by atoms with van der Waals surface area (Å²) >= 11 is 0. The number of nitrogens with zero attached hydrogens (tertiary/aromatic N) is 2. The van der Waals surface area contributed by atoms with Gasteiger partial charge in [-0.25, -0.2) is 0 Å². The molecule has 0 saturated carbocycles. The minimum Gasteiger partial charge on any atom is -0.313 e. The molecule has 0 radical (unpaired) electrons. The first kappa shape index (κ1) is 21.7. The van der Waals surface area contributed by atoms with Crippen LogP contribution in [-0.2, 0) is 4.79 Å². The summed E-state index contributed by atoms with van der Waals surface area (Å²) in [6.07, 6.45) is 0. The summed E-state index contributed by atoms with van der Waals surface area (Å²) in [5.74, 6) is 0.0410. The highest BCUT2D eigenvalue weighted by atomic mass is 16.2. The monoisotopic (exact) mass is 292 g/mol. The number of carbonyl (C=O) groups excluding carboxylic acids is 1. The van der Waals surface area contributed by atoms with Gasteiger partial charge in [0.25, 0.3) is 5.91 Å². The normalized spacial score (nSPS) is 15.7. The molecule has 3 nitrogen and oxygen atoms in total. The van der Waals surface area contributed by atoms with Crippen molar-refractivity contribution in [3.63, 3.8) is 0 Å². The molecule has 0 aliphatic carbocycles. The maximum absolute atomic E-state index is 11.9. The number of para-hydroxylation sites is 1. The second kappa shape index (κ2) is 12.1. The number of carbonyl (C=O) groups is 1. The van der Waals surface area contributed by atoms with E-state index in [1.807, 2.05) is 79.7 Å². The van der Waals surface area contributed by atoms with Gasteiger partial charge >= 0.3 is 0 Å². The molecule has 3 heteroatoms. The van der Waals surface area contributed by atoms with E-state index >= 15 is 0 Å². The lowest BCUT2D eigenvalue weighted by atomic mass is 10.1. The Morgan fingerprint density at radius 2 is 1.48 bits per heavy atom. The number of benzene rings is 1. The Morgan fingerprint density at radius 1 is 1.00 bits per heavy atom. The van der Waals surface area contributed by atoms with Crippen LogP contribution in [0.5, 0.6) is 0 Å². The summed E-state index contributed by atoms with van der Waals surface area (Å²) in [4.78, 5) is 17.9. The Labute approximate surface area is 131 Å². The van der Waals surface area contributed by atoms with Gasteiger partial charge in [-0.2, -0.15) is 0 Å². The molecule has 1 aliphatic heterocycles. The Bertz CT molecular complexity index is 439. The molecule has 1 aromatic rings. The van der Waals surface area contributed by atoms with E-state index < -0.39 is 0 Å². The number of likely N-dealkylation sites (N-methyl/N-ethyl adjacent to an activating group) is 1. The molecule has 1 atom stereocenters. The summed E-state index contributed by atoms with van der Waals surface area (Å²) < 4.78 is 0. The smallest absolute Gasteiger partial charge is 0.251 e. The highest BCUT2D eigenvalue weighted by Crippen LogP contribution is 2.24. The molecule has 21 heavy (non-hydrogen) atoms. The van der Waals surface area contributed by atoms with E-state index in [1.165, 1.54) is 0 Å². The summed E-state index contributed by atoms with van der Waals surface area (Å²) in [7, 11) is 1.80. The molecule has 0 aromatic heterocycles. The van der Waals surface area contributed by atoms with Crippen LogP contribution in [0, 0.1) is 0 Å². The molecule has 1 aromatic carbocycles. The molecular formula is C18H32N2O. The van der Waals surface area contributed by atoms with Crippen molar-refractivity contribution in [2.24, 2.45) is 4.99 Å². The number of anilines is 1. The summed E-state index contributed by atoms with van der Waals surface area (Å²) in [5, 5.41) is 0. The van der Waals surface area contributed by atoms with Crippen molar-refractivity contribution >= 4 is 17.3 Å². The van der Waals surface area contributed by atoms with Gasteiger partial charge in [-0.05, 0) is 19.9 Å². The van der Waals surface area contributed by atoms with Gasteiger partial charge in [0.05, 0.1) is 5.69 Å². The van der Waals surface area contributed by atoms with Crippen molar-refractivity contribution in [1.29, 1.82) is 0 Å². The Kier molecular flexibility index (Phi) is 12.5. The SMILES string of the molecule is CC.CC.CC.CC1=NC(C)C(=O)N(C)c2ccccc21. The lowest BCUT2D eigenvalue weighted by Crippen LogP contribution is -2.32.